The van der Waals surface area contributed by atoms with Crippen LogP contribution in [0.3, 0.4) is 0 Å². The first-order valence-corrected chi connectivity index (χ1v) is 7.95. The highest BCUT2D eigenvalue weighted by Crippen LogP contribution is 2.59. The van der Waals surface area contributed by atoms with Gasteiger partial charge in [-0.15, -0.1) is 0 Å². The van der Waals surface area contributed by atoms with Gasteiger partial charge in [0.25, 0.3) is 0 Å². The molecule has 124 valence electrons. The van der Waals surface area contributed by atoms with Crippen LogP contribution >= 0.6 is 0 Å². The Hall–Kier alpha value is -1.99. The van der Waals surface area contributed by atoms with Gasteiger partial charge in [0.2, 0.25) is 0 Å². The molecule has 6 atom stereocenters. The second-order valence-corrected chi connectivity index (χ2v) is 6.42. The van der Waals surface area contributed by atoms with Gasteiger partial charge < -0.3 is 4.74 Å². The van der Waals surface area contributed by atoms with Crippen LogP contribution in [-0.4, -0.2) is 37.0 Å². The van der Waals surface area contributed by atoms with E-state index < -0.39 is 23.7 Å². The number of benzene rings is 1. The number of carbonyl (C=O) groups excluding carboxylic acids is 1. The summed E-state index contributed by atoms with van der Waals surface area (Å²) in [6.07, 6.45) is 4.44. The summed E-state index contributed by atoms with van der Waals surface area (Å²) < 4.78 is 5.06. The summed E-state index contributed by atoms with van der Waals surface area (Å²) in [5.41, 5.74) is 1.01. The minimum atomic E-state index is -0.924. The lowest BCUT2D eigenvalue weighted by Crippen LogP contribution is -2.68. The molecule has 4 heterocycles. The standard InChI is InChI=1S/C18H16O6/c1-20-17(19)15-13-9-11-12-7-8-14(23-21-12)18(11,24-22-13)16(15)10-5-3-2-4-6-10/h2-9,12-16H,1H3/t12-,13+,14+,15-,16+,18+/m1/s1. The van der Waals surface area contributed by atoms with Crippen LogP contribution in [0.4, 0.5) is 0 Å². The van der Waals surface area contributed by atoms with Gasteiger partial charge in [-0.25, -0.2) is 19.6 Å². The molecule has 7 rings (SSSR count). The van der Waals surface area contributed by atoms with Crippen molar-refractivity contribution in [3.8, 4) is 0 Å². The minimum absolute atomic E-state index is 0.286. The SMILES string of the molecule is COC(=O)[C@@H]1[C@@H]2C=C3[C@H]4C=C[C@H](OO4)[C@]3(OO2)[C@H]1c1ccccc1. The molecule has 1 aromatic carbocycles. The van der Waals surface area contributed by atoms with Crippen molar-refractivity contribution in [2.75, 3.05) is 7.11 Å². The predicted octanol–water partition coefficient (Wildman–Crippen LogP) is 1.84. The molecule has 6 heteroatoms. The molecule has 0 amide bonds. The molecule has 2 saturated heterocycles. The van der Waals surface area contributed by atoms with E-state index in [9.17, 15) is 4.79 Å². The number of fused-ring (bicyclic) bond motifs is 3. The average Bonchev–Trinajstić information content (AvgIpc) is 2.68. The first kappa shape index (κ1) is 14.4. The van der Waals surface area contributed by atoms with Crippen molar-refractivity contribution in [3.05, 3.63) is 59.7 Å². The smallest absolute Gasteiger partial charge is 0.312 e. The minimum Gasteiger partial charge on any atom is -0.469 e. The zero-order chi connectivity index (χ0) is 16.3. The van der Waals surface area contributed by atoms with E-state index in [1.54, 1.807) is 0 Å². The predicted molar refractivity (Wildman–Crippen MR) is 80.3 cm³/mol. The van der Waals surface area contributed by atoms with Gasteiger partial charge in [0.15, 0.2) is 5.60 Å². The molecular formula is C18H16O6. The van der Waals surface area contributed by atoms with E-state index in [1.165, 1.54) is 7.11 Å². The molecule has 4 aliphatic heterocycles. The molecule has 6 nitrogen and oxygen atoms in total. The maximum absolute atomic E-state index is 12.5. The van der Waals surface area contributed by atoms with E-state index in [1.807, 2.05) is 48.6 Å². The van der Waals surface area contributed by atoms with Gasteiger partial charge in [-0.2, -0.15) is 0 Å². The van der Waals surface area contributed by atoms with Gasteiger partial charge in [0.05, 0.1) is 13.0 Å². The first-order valence-electron chi connectivity index (χ1n) is 7.95. The summed E-state index contributed by atoms with van der Waals surface area (Å²) >= 11 is 0. The monoisotopic (exact) mass is 328 g/mol. The molecule has 0 aromatic heterocycles. The van der Waals surface area contributed by atoms with E-state index in [0.29, 0.717) is 0 Å². The maximum atomic E-state index is 12.5. The Balaban J connectivity index is 1.73. The summed E-state index contributed by atoms with van der Waals surface area (Å²) in [7, 11) is 1.39. The number of esters is 1. The fourth-order valence-corrected chi connectivity index (χ4v) is 4.35. The summed E-state index contributed by atoms with van der Waals surface area (Å²) in [5.74, 6) is -1.12. The molecule has 0 radical (unpaired) electrons. The van der Waals surface area contributed by atoms with E-state index in [-0.39, 0.29) is 18.0 Å². The van der Waals surface area contributed by atoms with Gasteiger partial charge in [0, 0.05) is 11.5 Å². The third kappa shape index (κ3) is 1.66. The quantitative estimate of drug-likeness (QED) is 0.469. The number of ether oxygens (including phenoxy) is 1. The third-order valence-corrected chi connectivity index (χ3v) is 5.35. The Morgan fingerprint density at radius 1 is 1.12 bits per heavy atom. The van der Waals surface area contributed by atoms with Crippen molar-refractivity contribution in [1.82, 2.24) is 0 Å². The molecule has 0 unspecified atom stereocenters. The molecule has 1 spiro atoms. The highest BCUT2D eigenvalue weighted by molar-refractivity contribution is 5.76. The second-order valence-electron chi connectivity index (χ2n) is 6.42. The second kappa shape index (κ2) is 5.00. The molecular weight excluding hydrogens is 312 g/mol. The fraction of sp³-hybridized carbons (Fsp3) is 0.389. The van der Waals surface area contributed by atoms with Crippen LogP contribution in [0.15, 0.2) is 54.1 Å². The Labute approximate surface area is 138 Å². The topological polar surface area (TPSA) is 63.2 Å². The van der Waals surface area contributed by atoms with E-state index in [4.69, 9.17) is 24.3 Å². The zero-order valence-electron chi connectivity index (χ0n) is 13.0. The molecule has 0 saturated carbocycles. The Morgan fingerprint density at radius 2 is 1.96 bits per heavy atom. The van der Waals surface area contributed by atoms with E-state index in [2.05, 4.69) is 0 Å². The number of hydrogen-bond donors (Lipinski definition) is 0. The number of rotatable bonds is 2. The van der Waals surface area contributed by atoms with Crippen LogP contribution in [-0.2, 0) is 29.1 Å². The molecule has 4 bridgehead atoms. The molecule has 0 N–H and O–H groups in total. The lowest BCUT2D eigenvalue weighted by molar-refractivity contribution is -0.477. The highest BCUT2D eigenvalue weighted by Gasteiger charge is 2.68. The van der Waals surface area contributed by atoms with Crippen LogP contribution in [0.25, 0.3) is 0 Å². The lowest BCUT2D eigenvalue weighted by atomic mass is 9.59. The molecule has 2 aliphatic carbocycles. The van der Waals surface area contributed by atoms with Crippen molar-refractivity contribution in [1.29, 1.82) is 0 Å². The van der Waals surface area contributed by atoms with Crippen molar-refractivity contribution in [2.45, 2.75) is 29.8 Å². The Morgan fingerprint density at radius 3 is 2.67 bits per heavy atom. The summed E-state index contributed by atoms with van der Waals surface area (Å²) in [4.78, 5) is 34.8. The summed E-state index contributed by atoms with van der Waals surface area (Å²) in [6, 6.07) is 9.81. The van der Waals surface area contributed by atoms with Crippen molar-refractivity contribution < 1.29 is 29.1 Å². The zero-order valence-corrected chi connectivity index (χ0v) is 13.0. The van der Waals surface area contributed by atoms with Gasteiger partial charge in [-0.1, -0.05) is 36.4 Å². The summed E-state index contributed by atoms with van der Waals surface area (Å²) in [6.45, 7) is 0. The first-order chi connectivity index (χ1) is 11.8. The summed E-state index contributed by atoms with van der Waals surface area (Å²) in [5, 5.41) is 0. The number of methoxy groups -OCH3 is 1. The largest absolute Gasteiger partial charge is 0.469 e. The van der Waals surface area contributed by atoms with Gasteiger partial charge >= 0.3 is 5.97 Å². The van der Waals surface area contributed by atoms with Gasteiger partial charge in [-0.3, -0.25) is 4.79 Å². The Kier molecular flexibility index (Phi) is 2.99. The number of hydrogen-bond acceptors (Lipinski definition) is 6. The third-order valence-electron chi connectivity index (χ3n) is 5.35. The van der Waals surface area contributed by atoms with Crippen molar-refractivity contribution in [3.63, 3.8) is 0 Å². The number of carbonyl (C=O) groups is 1. The van der Waals surface area contributed by atoms with Gasteiger partial charge in [-0.05, 0) is 17.7 Å². The van der Waals surface area contributed by atoms with E-state index in [0.717, 1.165) is 11.1 Å². The van der Waals surface area contributed by atoms with Gasteiger partial charge in [0.1, 0.15) is 18.3 Å². The molecule has 6 aliphatic rings. The Bertz CT molecular complexity index is 741. The normalized spacial score (nSPS) is 41.7. The lowest BCUT2D eigenvalue weighted by Gasteiger charge is -2.58. The van der Waals surface area contributed by atoms with Crippen LogP contribution in [0.2, 0.25) is 0 Å². The highest BCUT2D eigenvalue weighted by atomic mass is 17.2. The fourth-order valence-electron chi connectivity index (χ4n) is 4.35. The maximum Gasteiger partial charge on any atom is 0.312 e. The molecule has 2 fully saturated rings. The molecule has 24 heavy (non-hydrogen) atoms. The molecule has 1 aromatic rings. The van der Waals surface area contributed by atoms with Crippen LogP contribution in [0.5, 0.6) is 0 Å². The van der Waals surface area contributed by atoms with Crippen molar-refractivity contribution >= 4 is 5.97 Å². The van der Waals surface area contributed by atoms with Crippen LogP contribution in [0, 0.1) is 5.92 Å². The van der Waals surface area contributed by atoms with Crippen LogP contribution in [0.1, 0.15) is 11.5 Å². The average molecular weight is 328 g/mol. The van der Waals surface area contributed by atoms with E-state index >= 15 is 0 Å². The van der Waals surface area contributed by atoms with Crippen LogP contribution < -0.4 is 0 Å². The van der Waals surface area contributed by atoms with Crippen molar-refractivity contribution in [2.24, 2.45) is 5.92 Å².